The van der Waals surface area contributed by atoms with E-state index >= 15 is 0 Å². The molecule has 64 valence electrons. The van der Waals surface area contributed by atoms with Crippen molar-refractivity contribution in [3.63, 3.8) is 0 Å². The Morgan fingerprint density at radius 1 is 1.55 bits per heavy atom. The molecule has 2 nitrogen and oxygen atoms in total. The van der Waals surface area contributed by atoms with Gasteiger partial charge in [-0.2, -0.15) is 0 Å². The van der Waals surface area contributed by atoms with Gasteiger partial charge in [0.1, 0.15) is 0 Å². The fraction of sp³-hybridized carbons (Fsp3) is 1.00. The minimum Gasteiger partial charge on any atom is -0.312 e. The van der Waals surface area contributed by atoms with Crippen molar-refractivity contribution in [2.24, 2.45) is 0 Å². The second-order valence-electron chi connectivity index (χ2n) is 4.25. The van der Waals surface area contributed by atoms with Gasteiger partial charge in [0, 0.05) is 18.1 Å². The molecule has 1 aliphatic heterocycles. The normalized spacial score (nSPS) is 37.9. The molecule has 1 saturated heterocycles. The van der Waals surface area contributed by atoms with E-state index in [1.807, 2.05) is 0 Å². The Labute approximate surface area is 68.7 Å². The molecule has 2 fully saturated rings. The minimum atomic E-state index is 0.405. The summed E-state index contributed by atoms with van der Waals surface area (Å²) in [6, 6.07) is 0.856. The second kappa shape index (κ2) is 2.76. The molecule has 0 spiro atoms. The van der Waals surface area contributed by atoms with Crippen LogP contribution in [0.3, 0.4) is 0 Å². The quantitative estimate of drug-likeness (QED) is 0.630. The predicted octanol–water partition coefficient (Wildman–Crippen LogP) is 0.881. The van der Waals surface area contributed by atoms with E-state index in [2.05, 4.69) is 17.6 Å². The molecule has 1 atom stereocenters. The summed E-state index contributed by atoms with van der Waals surface area (Å²) < 4.78 is 0. The topological polar surface area (TPSA) is 24.1 Å². The first-order valence-corrected chi connectivity index (χ1v) is 4.77. The number of rotatable bonds is 3. The summed E-state index contributed by atoms with van der Waals surface area (Å²) in [5.41, 5.74) is 0.405. The smallest absolute Gasteiger partial charge is 0.0278 e. The van der Waals surface area contributed by atoms with Gasteiger partial charge in [-0.15, -0.1) is 0 Å². The van der Waals surface area contributed by atoms with Crippen molar-refractivity contribution in [3.8, 4) is 0 Å². The van der Waals surface area contributed by atoms with E-state index in [1.54, 1.807) is 0 Å². The predicted molar refractivity (Wildman–Crippen MR) is 46.7 cm³/mol. The monoisotopic (exact) mass is 154 g/mol. The molecule has 0 aromatic rings. The zero-order valence-electron chi connectivity index (χ0n) is 7.32. The first-order valence-electron chi connectivity index (χ1n) is 4.77. The minimum absolute atomic E-state index is 0.405. The zero-order valence-corrected chi connectivity index (χ0v) is 7.32. The summed E-state index contributed by atoms with van der Waals surface area (Å²) in [4.78, 5) is 0. The first kappa shape index (κ1) is 7.56. The van der Waals surface area contributed by atoms with E-state index in [4.69, 9.17) is 0 Å². The highest BCUT2D eigenvalue weighted by Crippen LogP contribution is 2.22. The van der Waals surface area contributed by atoms with Crippen LogP contribution in [-0.4, -0.2) is 24.7 Å². The molecule has 2 N–H and O–H groups in total. The molecule has 1 heterocycles. The van der Waals surface area contributed by atoms with Crippen LogP contribution in [0.15, 0.2) is 0 Å². The molecule has 1 saturated carbocycles. The molecule has 0 bridgehead atoms. The van der Waals surface area contributed by atoms with Gasteiger partial charge in [0.05, 0.1) is 0 Å². The third-order valence-electron chi connectivity index (χ3n) is 2.82. The lowest BCUT2D eigenvalue weighted by molar-refractivity contribution is 0.384. The lowest BCUT2D eigenvalue weighted by Gasteiger charge is -2.24. The van der Waals surface area contributed by atoms with Crippen LogP contribution in [0, 0.1) is 0 Å². The van der Waals surface area contributed by atoms with Crippen molar-refractivity contribution in [1.82, 2.24) is 10.6 Å². The Morgan fingerprint density at radius 2 is 2.36 bits per heavy atom. The molecule has 1 aliphatic carbocycles. The fourth-order valence-corrected chi connectivity index (χ4v) is 1.77. The molecule has 0 amide bonds. The molecular weight excluding hydrogens is 136 g/mol. The number of hydrogen-bond acceptors (Lipinski definition) is 2. The van der Waals surface area contributed by atoms with Crippen molar-refractivity contribution in [2.45, 2.75) is 44.2 Å². The third-order valence-corrected chi connectivity index (χ3v) is 2.82. The molecule has 11 heavy (non-hydrogen) atoms. The third kappa shape index (κ3) is 1.94. The van der Waals surface area contributed by atoms with Crippen LogP contribution in [-0.2, 0) is 0 Å². The maximum Gasteiger partial charge on any atom is 0.0278 e. The summed E-state index contributed by atoms with van der Waals surface area (Å²) in [6.45, 7) is 4.70. The average Bonchev–Trinajstić information content (AvgIpc) is 2.73. The fourth-order valence-electron chi connectivity index (χ4n) is 1.77. The Morgan fingerprint density at radius 3 is 2.91 bits per heavy atom. The number of hydrogen-bond donors (Lipinski definition) is 2. The average molecular weight is 154 g/mol. The summed E-state index contributed by atoms with van der Waals surface area (Å²) in [5, 5.41) is 7.13. The molecule has 2 aliphatic rings. The Kier molecular flexibility index (Phi) is 1.90. The molecule has 2 rings (SSSR count). The molecule has 0 aromatic carbocycles. The van der Waals surface area contributed by atoms with Gasteiger partial charge >= 0.3 is 0 Å². The largest absolute Gasteiger partial charge is 0.312 e. The standard InChI is InChI=1S/C9H18N2/c1-9(5-2-6-11-9)7-10-8-3-4-8/h8,10-11H,2-7H2,1H3. The van der Waals surface area contributed by atoms with Gasteiger partial charge in [-0.05, 0) is 39.2 Å². The zero-order chi connectivity index (χ0) is 7.73. The van der Waals surface area contributed by atoms with Crippen molar-refractivity contribution in [1.29, 1.82) is 0 Å². The first-order chi connectivity index (χ1) is 5.29. The van der Waals surface area contributed by atoms with Gasteiger partial charge in [-0.3, -0.25) is 0 Å². The van der Waals surface area contributed by atoms with Crippen molar-refractivity contribution < 1.29 is 0 Å². The molecule has 1 unspecified atom stereocenters. The molecule has 0 aromatic heterocycles. The van der Waals surface area contributed by atoms with Crippen LogP contribution < -0.4 is 10.6 Å². The maximum atomic E-state index is 3.58. The lowest BCUT2D eigenvalue weighted by Crippen LogP contribution is -2.46. The summed E-state index contributed by atoms with van der Waals surface area (Å²) >= 11 is 0. The van der Waals surface area contributed by atoms with Crippen molar-refractivity contribution in [3.05, 3.63) is 0 Å². The van der Waals surface area contributed by atoms with Gasteiger partial charge in [0.15, 0.2) is 0 Å². The maximum absolute atomic E-state index is 3.58. The van der Waals surface area contributed by atoms with E-state index in [-0.39, 0.29) is 0 Å². The van der Waals surface area contributed by atoms with E-state index < -0.39 is 0 Å². The highest BCUT2D eigenvalue weighted by atomic mass is 15.1. The van der Waals surface area contributed by atoms with Gasteiger partial charge in [-0.25, -0.2) is 0 Å². The van der Waals surface area contributed by atoms with Gasteiger partial charge in [0.2, 0.25) is 0 Å². The molecule has 2 heteroatoms. The van der Waals surface area contributed by atoms with Gasteiger partial charge in [0.25, 0.3) is 0 Å². The number of nitrogens with one attached hydrogen (secondary N) is 2. The van der Waals surface area contributed by atoms with Gasteiger partial charge < -0.3 is 10.6 Å². The highest BCUT2D eigenvalue weighted by Gasteiger charge is 2.30. The van der Waals surface area contributed by atoms with Crippen LogP contribution in [0.1, 0.15) is 32.6 Å². The molecule has 0 radical (unpaired) electrons. The van der Waals surface area contributed by atoms with E-state index in [0.717, 1.165) is 12.6 Å². The van der Waals surface area contributed by atoms with Crippen LogP contribution in [0.25, 0.3) is 0 Å². The van der Waals surface area contributed by atoms with E-state index in [9.17, 15) is 0 Å². The molecular formula is C9H18N2. The van der Waals surface area contributed by atoms with Crippen LogP contribution >= 0.6 is 0 Å². The summed E-state index contributed by atoms with van der Waals surface area (Å²) in [5.74, 6) is 0. The summed E-state index contributed by atoms with van der Waals surface area (Å²) in [6.07, 6.45) is 5.49. The van der Waals surface area contributed by atoms with Crippen LogP contribution in [0.2, 0.25) is 0 Å². The van der Waals surface area contributed by atoms with E-state index in [0.29, 0.717) is 5.54 Å². The SMILES string of the molecule is CC1(CNC2CC2)CCCN1. The van der Waals surface area contributed by atoms with Gasteiger partial charge in [-0.1, -0.05) is 0 Å². The lowest BCUT2D eigenvalue weighted by atomic mass is 10.0. The van der Waals surface area contributed by atoms with Crippen molar-refractivity contribution in [2.75, 3.05) is 13.1 Å². The van der Waals surface area contributed by atoms with E-state index in [1.165, 1.54) is 32.2 Å². The summed E-state index contributed by atoms with van der Waals surface area (Å²) in [7, 11) is 0. The highest BCUT2D eigenvalue weighted by molar-refractivity contribution is 4.93. The van der Waals surface area contributed by atoms with Crippen molar-refractivity contribution >= 4 is 0 Å². The Hall–Kier alpha value is -0.0800. The Bertz CT molecular complexity index is 134. The van der Waals surface area contributed by atoms with Crippen LogP contribution in [0.4, 0.5) is 0 Å². The Balaban J connectivity index is 1.73. The second-order valence-corrected chi connectivity index (χ2v) is 4.25. The van der Waals surface area contributed by atoms with Crippen LogP contribution in [0.5, 0.6) is 0 Å².